The van der Waals surface area contributed by atoms with Gasteiger partial charge in [0.25, 0.3) is 5.91 Å². The van der Waals surface area contributed by atoms with Gasteiger partial charge in [-0.15, -0.1) is 0 Å². The van der Waals surface area contributed by atoms with Crippen molar-refractivity contribution in [3.63, 3.8) is 0 Å². The summed E-state index contributed by atoms with van der Waals surface area (Å²) in [6, 6.07) is 12.8. The first kappa shape index (κ1) is 17.9. The Hall–Kier alpha value is -2.93. The molecule has 0 spiro atoms. The van der Waals surface area contributed by atoms with Crippen LogP contribution in [0.1, 0.15) is 33.1 Å². The third kappa shape index (κ3) is 5.03. The highest BCUT2D eigenvalue weighted by Crippen LogP contribution is 2.20. The number of aromatic nitrogens is 2. The second-order valence-corrected chi connectivity index (χ2v) is 6.58. The van der Waals surface area contributed by atoms with Crippen molar-refractivity contribution < 1.29 is 9.21 Å². The van der Waals surface area contributed by atoms with Gasteiger partial charge in [0.2, 0.25) is 0 Å². The van der Waals surface area contributed by atoms with E-state index in [1.54, 1.807) is 42.3 Å². The predicted octanol–water partition coefficient (Wildman–Crippen LogP) is 3.74. The van der Waals surface area contributed by atoms with Gasteiger partial charge >= 0.3 is 0 Å². The Morgan fingerprint density at radius 3 is 2.58 bits per heavy atom. The number of hydrazone groups is 1. The SMILES string of the molecule is Cc1cc(C)nc(SCc2ccc(C(=O)NN=Cc3ccco3)cc2)n1. The van der Waals surface area contributed by atoms with Crippen molar-refractivity contribution >= 4 is 23.9 Å². The Balaban J connectivity index is 1.55. The largest absolute Gasteiger partial charge is 0.463 e. The van der Waals surface area contributed by atoms with E-state index < -0.39 is 0 Å². The number of furan rings is 1. The minimum Gasteiger partial charge on any atom is -0.463 e. The van der Waals surface area contributed by atoms with Crippen LogP contribution in [-0.2, 0) is 5.75 Å². The zero-order valence-electron chi connectivity index (χ0n) is 14.5. The summed E-state index contributed by atoms with van der Waals surface area (Å²) in [4.78, 5) is 20.9. The van der Waals surface area contributed by atoms with E-state index in [0.29, 0.717) is 11.3 Å². The Morgan fingerprint density at radius 1 is 1.19 bits per heavy atom. The lowest BCUT2D eigenvalue weighted by molar-refractivity contribution is 0.0955. The van der Waals surface area contributed by atoms with Crippen LogP contribution in [0.3, 0.4) is 0 Å². The van der Waals surface area contributed by atoms with Gasteiger partial charge in [0.05, 0.1) is 12.5 Å². The number of carbonyl (C=O) groups excluding carboxylic acids is 1. The van der Waals surface area contributed by atoms with Gasteiger partial charge in [-0.25, -0.2) is 15.4 Å². The molecule has 132 valence electrons. The maximum absolute atomic E-state index is 12.1. The molecule has 3 aromatic rings. The topological polar surface area (TPSA) is 80.4 Å². The van der Waals surface area contributed by atoms with Crippen molar-refractivity contribution in [2.24, 2.45) is 5.10 Å². The molecule has 1 N–H and O–H groups in total. The number of hydrogen-bond acceptors (Lipinski definition) is 6. The van der Waals surface area contributed by atoms with Crippen LogP contribution in [0.25, 0.3) is 0 Å². The van der Waals surface area contributed by atoms with Crippen molar-refractivity contribution in [2.45, 2.75) is 24.8 Å². The molecule has 0 fully saturated rings. The quantitative estimate of drug-likeness (QED) is 0.311. The average Bonchev–Trinajstić information content (AvgIpc) is 3.13. The molecule has 0 atom stereocenters. The van der Waals surface area contributed by atoms with E-state index in [1.807, 2.05) is 32.0 Å². The number of aryl methyl sites for hydroxylation is 2. The zero-order valence-corrected chi connectivity index (χ0v) is 15.3. The van der Waals surface area contributed by atoms with Crippen LogP contribution in [-0.4, -0.2) is 22.1 Å². The Labute approximate surface area is 155 Å². The minimum absolute atomic E-state index is 0.273. The molecule has 0 aliphatic rings. The van der Waals surface area contributed by atoms with Gasteiger partial charge in [0.15, 0.2) is 5.16 Å². The molecule has 0 saturated heterocycles. The molecule has 3 rings (SSSR count). The molecule has 1 amide bonds. The van der Waals surface area contributed by atoms with Crippen molar-refractivity contribution in [3.05, 3.63) is 77.0 Å². The summed E-state index contributed by atoms with van der Waals surface area (Å²) in [5, 5.41) is 4.63. The van der Waals surface area contributed by atoms with Gasteiger partial charge in [-0.1, -0.05) is 23.9 Å². The molecule has 6 nitrogen and oxygen atoms in total. The van der Waals surface area contributed by atoms with E-state index in [-0.39, 0.29) is 5.91 Å². The maximum atomic E-state index is 12.1. The highest BCUT2D eigenvalue weighted by molar-refractivity contribution is 7.98. The number of amides is 1. The lowest BCUT2D eigenvalue weighted by Crippen LogP contribution is -2.17. The first-order valence-corrected chi connectivity index (χ1v) is 8.99. The lowest BCUT2D eigenvalue weighted by Gasteiger charge is -2.04. The summed E-state index contributed by atoms with van der Waals surface area (Å²) in [7, 11) is 0. The Kier molecular flexibility index (Phi) is 5.80. The van der Waals surface area contributed by atoms with Crippen molar-refractivity contribution in [1.82, 2.24) is 15.4 Å². The summed E-state index contributed by atoms with van der Waals surface area (Å²) < 4.78 is 5.10. The van der Waals surface area contributed by atoms with Crippen LogP contribution in [0.15, 0.2) is 63.4 Å². The van der Waals surface area contributed by atoms with Crippen molar-refractivity contribution in [3.8, 4) is 0 Å². The number of nitrogens with one attached hydrogen (secondary N) is 1. The molecule has 7 heteroatoms. The fourth-order valence-electron chi connectivity index (χ4n) is 2.24. The minimum atomic E-state index is -0.273. The van der Waals surface area contributed by atoms with Crippen molar-refractivity contribution in [2.75, 3.05) is 0 Å². The van der Waals surface area contributed by atoms with Crippen LogP contribution in [0.5, 0.6) is 0 Å². The van der Waals surface area contributed by atoms with Crippen LogP contribution < -0.4 is 5.43 Å². The second-order valence-electron chi connectivity index (χ2n) is 5.63. The average molecular weight is 366 g/mol. The second kappa shape index (κ2) is 8.44. The normalized spacial score (nSPS) is 11.0. The lowest BCUT2D eigenvalue weighted by atomic mass is 10.1. The van der Waals surface area contributed by atoms with Crippen LogP contribution in [0.4, 0.5) is 0 Å². The van der Waals surface area contributed by atoms with Gasteiger partial charge in [-0.05, 0) is 49.7 Å². The Morgan fingerprint density at radius 2 is 1.92 bits per heavy atom. The van der Waals surface area contributed by atoms with Gasteiger partial charge in [-0.3, -0.25) is 4.79 Å². The number of hydrogen-bond donors (Lipinski definition) is 1. The van der Waals surface area contributed by atoms with Crippen LogP contribution >= 0.6 is 11.8 Å². The van der Waals surface area contributed by atoms with Crippen molar-refractivity contribution in [1.29, 1.82) is 0 Å². The van der Waals surface area contributed by atoms with E-state index in [2.05, 4.69) is 20.5 Å². The molecule has 0 bridgehead atoms. The molecule has 0 radical (unpaired) electrons. The molecule has 0 aliphatic heterocycles. The van der Waals surface area contributed by atoms with Crippen LogP contribution in [0.2, 0.25) is 0 Å². The smallest absolute Gasteiger partial charge is 0.271 e. The molecule has 2 heterocycles. The Bertz CT molecular complexity index is 886. The fourth-order valence-corrected chi connectivity index (χ4v) is 3.15. The standard InChI is InChI=1S/C19H18N4O2S/c1-13-10-14(2)22-19(21-13)26-12-15-5-7-16(8-6-15)18(24)23-20-11-17-4-3-9-25-17/h3-11H,12H2,1-2H3,(H,23,24). The van der Waals surface area contributed by atoms with Gasteiger partial charge < -0.3 is 4.42 Å². The highest BCUT2D eigenvalue weighted by atomic mass is 32.2. The summed E-state index contributed by atoms with van der Waals surface area (Å²) in [6.07, 6.45) is 3.00. The first-order chi connectivity index (χ1) is 12.6. The summed E-state index contributed by atoms with van der Waals surface area (Å²) >= 11 is 1.57. The molecule has 0 aliphatic carbocycles. The fraction of sp³-hybridized carbons (Fsp3) is 0.158. The van der Waals surface area contributed by atoms with E-state index >= 15 is 0 Å². The summed E-state index contributed by atoms with van der Waals surface area (Å²) in [5.41, 5.74) is 6.02. The molecule has 1 aromatic carbocycles. The highest BCUT2D eigenvalue weighted by Gasteiger charge is 2.06. The maximum Gasteiger partial charge on any atom is 0.271 e. The van der Waals surface area contributed by atoms with E-state index in [9.17, 15) is 4.79 Å². The molecule has 0 saturated carbocycles. The van der Waals surface area contributed by atoms with E-state index in [1.165, 1.54) is 6.21 Å². The third-order valence-corrected chi connectivity index (χ3v) is 4.37. The molecule has 2 aromatic heterocycles. The van der Waals surface area contributed by atoms with E-state index in [0.717, 1.165) is 27.9 Å². The number of thioether (sulfide) groups is 1. The third-order valence-electron chi connectivity index (χ3n) is 3.45. The molecular weight excluding hydrogens is 348 g/mol. The van der Waals surface area contributed by atoms with Gasteiger partial charge in [0.1, 0.15) is 5.76 Å². The molecule has 26 heavy (non-hydrogen) atoms. The zero-order chi connectivity index (χ0) is 18.4. The van der Waals surface area contributed by atoms with Crippen LogP contribution in [0, 0.1) is 13.8 Å². The number of rotatable bonds is 6. The summed E-state index contributed by atoms with van der Waals surface area (Å²) in [5.74, 6) is 1.04. The van der Waals surface area contributed by atoms with Gasteiger partial charge in [-0.2, -0.15) is 5.10 Å². The predicted molar refractivity (Wildman–Crippen MR) is 101 cm³/mol. The molecular formula is C19H18N4O2S. The first-order valence-electron chi connectivity index (χ1n) is 8.01. The number of nitrogens with zero attached hydrogens (tertiary/aromatic N) is 3. The number of carbonyl (C=O) groups is 1. The molecule has 0 unspecified atom stereocenters. The monoisotopic (exact) mass is 366 g/mol. The summed E-state index contributed by atoms with van der Waals surface area (Å²) in [6.45, 7) is 3.92. The van der Waals surface area contributed by atoms with E-state index in [4.69, 9.17) is 4.42 Å². The number of benzene rings is 1. The van der Waals surface area contributed by atoms with Gasteiger partial charge in [0, 0.05) is 22.7 Å².